The van der Waals surface area contributed by atoms with Gasteiger partial charge in [0.15, 0.2) is 0 Å². The molecule has 0 unspecified atom stereocenters. The molecule has 0 saturated carbocycles. The number of aryl methyl sites for hydroxylation is 1. The molecular formula is C22H18Cl2N4O. The van der Waals surface area contributed by atoms with Crippen molar-refractivity contribution in [2.75, 3.05) is 0 Å². The summed E-state index contributed by atoms with van der Waals surface area (Å²) in [4.78, 5) is 13.0. The normalized spacial score (nSPS) is 10.9. The maximum absolute atomic E-state index is 13.0. The second kappa shape index (κ2) is 8.15. The van der Waals surface area contributed by atoms with Crippen molar-refractivity contribution in [2.45, 2.75) is 6.54 Å². The number of aromatic nitrogens is 3. The maximum atomic E-state index is 13.0. The Labute approximate surface area is 178 Å². The highest BCUT2D eigenvalue weighted by molar-refractivity contribution is 6.42. The smallest absolute Gasteiger partial charge is 0.270 e. The zero-order valence-electron chi connectivity index (χ0n) is 15.6. The molecule has 0 aliphatic carbocycles. The number of amides is 1. The third-order valence-electron chi connectivity index (χ3n) is 4.59. The SMILES string of the molecule is Cn1cccc1-c1cc(C(=O)NCc2ccccc2)n(-c2ccc(Cl)c(Cl)c2)n1. The molecule has 0 bridgehead atoms. The Kier molecular flexibility index (Phi) is 5.43. The number of carbonyl (C=O) groups is 1. The molecule has 7 heteroatoms. The highest BCUT2D eigenvalue weighted by atomic mass is 35.5. The summed E-state index contributed by atoms with van der Waals surface area (Å²) in [5.74, 6) is -0.229. The molecule has 0 fully saturated rings. The van der Waals surface area contributed by atoms with E-state index in [1.54, 1.807) is 28.9 Å². The number of nitrogens with zero attached hydrogens (tertiary/aromatic N) is 3. The molecule has 0 spiro atoms. The Morgan fingerprint density at radius 1 is 1.00 bits per heavy atom. The fourth-order valence-corrected chi connectivity index (χ4v) is 3.37. The Balaban J connectivity index is 1.72. The molecule has 0 atom stereocenters. The summed E-state index contributed by atoms with van der Waals surface area (Å²) in [5.41, 5.74) is 3.68. The molecule has 2 heterocycles. The van der Waals surface area contributed by atoms with Crippen molar-refractivity contribution in [3.05, 3.63) is 94.2 Å². The van der Waals surface area contributed by atoms with Crippen LogP contribution < -0.4 is 5.32 Å². The molecule has 1 N–H and O–H groups in total. The Hall–Kier alpha value is -3.02. The molecule has 4 rings (SSSR count). The molecule has 0 aliphatic rings. The molecule has 5 nitrogen and oxygen atoms in total. The van der Waals surface area contributed by atoms with Crippen molar-refractivity contribution in [3.63, 3.8) is 0 Å². The topological polar surface area (TPSA) is 51.9 Å². The van der Waals surface area contributed by atoms with Crippen molar-refractivity contribution < 1.29 is 4.79 Å². The van der Waals surface area contributed by atoms with Crippen molar-refractivity contribution in [3.8, 4) is 17.1 Å². The number of nitrogens with one attached hydrogen (secondary N) is 1. The monoisotopic (exact) mass is 424 g/mol. The number of halogens is 2. The van der Waals surface area contributed by atoms with E-state index in [4.69, 9.17) is 23.2 Å². The molecule has 0 radical (unpaired) electrons. The molecule has 2 aromatic carbocycles. The van der Waals surface area contributed by atoms with Crippen LogP contribution >= 0.6 is 23.2 Å². The van der Waals surface area contributed by atoms with Gasteiger partial charge in [-0.3, -0.25) is 4.79 Å². The van der Waals surface area contributed by atoms with Crippen LogP contribution in [0.4, 0.5) is 0 Å². The van der Waals surface area contributed by atoms with Crippen molar-refractivity contribution in [1.29, 1.82) is 0 Å². The van der Waals surface area contributed by atoms with Crippen LogP contribution in [0.2, 0.25) is 10.0 Å². The van der Waals surface area contributed by atoms with Gasteiger partial charge in [0.2, 0.25) is 0 Å². The predicted octanol–water partition coefficient (Wildman–Crippen LogP) is 5.11. The van der Waals surface area contributed by atoms with Crippen LogP contribution in [0.5, 0.6) is 0 Å². The van der Waals surface area contributed by atoms with E-state index in [0.29, 0.717) is 33.7 Å². The van der Waals surface area contributed by atoms with E-state index in [2.05, 4.69) is 10.4 Å². The molecule has 146 valence electrons. The lowest BCUT2D eigenvalue weighted by Crippen LogP contribution is -2.25. The minimum Gasteiger partial charge on any atom is -0.349 e. The number of benzene rings is 2. The summed E-state index contributed by atoms with van der Waals surface area (Å²) in [5, 5.41) is 8.47. The summed E-state index contributed by atoms with van der Waals surface area (Å²) in [7, 11) is 1.93. The summed E-state index contributed by atoms with van der Waals surface area (Å²) >= 11 is 12.2. The van der Waals surface area contributed by atoms with Crippen LogP contribution in [0.25, 0.3) is 17.1 Å². The highest BCUT2D eigenvalue weighted by Crippen LogP contribution is 2.27. The summed E-state index contributed by atoms with van der Waals surface area (Å²) in [6.07, 6.45) is 1.93. The van der Waals surface area contributed by atoms with E-state index in [1.807, 2.05) is 60.3 Å². The summed E-state index contributed by atoms with van der Waals surface area (Å²) in [6.45, 7) is 0.422. The third-order valence-corrected chi connectivity index (χ3v) is 5.33. The fourth-order valence-electron chi connectivity index (χ4n) is 3.08. The van der Waals surface area contributed by atoms with Gasteiger partial charge in [0, 0.05) is 19.8 Å². The number of hydrogen-bond donors (Lipinski definition) is 1. The first-order valence-electron chi connectivity index (χ1n) is 9.02. The van der Waals surface area contributed by atoms with Gasteiger partial charge in [-0.25, -0.2) is 4.68 Å². The van der Waals surface area contributed by atoms with E-state index >= 15 is 0 Å². The van der Waals surface area contributed by atoms with Crippen molar-refractivity contribution in [1.82, 2.24) is 19.7 Å². The van der Waals surface area contributed by atoms with E-state index in [-0.39, 0.29) is 5.91 Å². The van der Waals surface area contributed by atoms with Crippen LogP contribution in [0.1, 0.15) is 16.1 Å². The van der Waals surface area contributed by atoms with Gasteiger partial charge < -0.3 is 9.88 Å². The highest BCUT2D eigenvalue weighted by Gasteiger charge is 2.19. The molecule has 2 aromatic heterocycles. The van der Waals surface area contributed by atoms with Gasteiger partial charge in [0.1, 0.15) is 11.4 Å². The van der Waals surface area contributed by atoms with E-state index < -0.39 is 0 Å². The van der Waals surface area contributed by atoms with Crippen LogP contribution in [-0.4, -0.2) is 20.3 Å². The van der Waals surface area contributed by atoms with Crippen molar-refractivity contribution in [2.24, 2.45) is 7.05 Å². The Bertz CT molecular complexity index is 1160. The average molecular weight is 425 g/mol. The summed E-state index contributed by atoms with van der Waals surface area (Å²) in [6, 6.07) is 20.6. The zero-order valence-corrected chi connectivity index (χ0v) is 17.2. The van der Waals surface area contributed by atoms with Gasteiger partial charge >= 0.3 is 0 Å². The number of carbonyl (C=O) groups excluding carboxylic acids is 1. The first-order chi connectivity index (χ1) is 14.0. The predicted molar refractivity (Wildman–Crippen MR) is 116 cm³/mol. The molecular weight excluding hydrogens is 407 g/mol. The first-order valence-corrected chi connectivity index (χ1v) is 9.78. The van der Waals surface area contributed by atoms with Crippen LogP contribution in [-0.2, 0) is 13.6 Å². The lowest BCUT2D eigenvalue weighted by atomic mass is 10.2. The second-order valence-corrected chi connectivity index (χ2v) is 7.41. The molecule has 29 heavy (non-hydrogen) atoms. The summed E-state index contributed by atoms with van der Waals surface area (Å²) < 4.78 is 3.54. The third kappa shape index (κ3) is 4.06. The van der Waals surface area contributed by atoms with Gasteiger partial charge in [0.05, 0.1) is 21.4 Å². The van der Waals surface area contributed by atoms with E-state index in [0.717, 1.165) is 11.3 Å². The van der Waals surface area contributed by atoms with Crippen LogP contribution in [0.3, 0.4) is 0 Å². The largest absolute Gasteiger partial charge is 0.349 e. The first kappa shape index (κ1) is 19.3. The standard InChI is InChI=1S/C22H18Cl2N4O/c1-27-11-5-8-20(27)19-13-21(22(29)25-14-15-6-3-2-4-7-15)28(26-19)16-9-10-17(23)18(24)12-16/h2-13H,14H2,1H3,(H,25,29). The molecule has 0 saturated heterocycles. The Morgan fingerprint density at radius 3 is 2.48 bits per heavy atom. The van der Waals surface area contributed by atoms with Crippen LogP contribution in [0.15, 0.2) is 72.9 Å². The lowest BCUT2D eigenvalue weighted by molar-refractivity contribution is 0.0943. The Morgan fingerprint density at radius 2 is 1.79 bits per heavy atom. The van der Waals surface area contributed by atoms with Crippen LogP contribution in [0, 0.1) is 0 Å². The van der Waals surface area contributed by atoms with E-state index in [1.165, 1.54) is 0 Å². The van der Waals surface area contributed by atoms with Gasteiger partial charge in [-0.1, -0.05) is 53.5 Å². The molecule has 0 aliphatic heterocycles. The number of rotatable bonds is 5. The van der Waals surface area contributed by atoms with Gasteiger partial charge in [-0.15, -0.1) is 0 Å². The van der Waals surface area contributed by atoms with Gasteiger partial charge in [-0.05, 0) is 42.0 Å². The van der Waals surface area contributed by atoms with Crippen molar-refractivity contribution >= 4 is 29.1 Å². The quantitative estimate of drug-likeness (QED) is 0.483. The van der Waals surface area contributed by atoms with Gasteiger partial charge in [-0.2, -0.15) is 5.10 Å². The minimum atomic E-state index is -0.229. The minimum absolute atomic E-state index is 0.229. The lowest BCUT2D eigenvalue weighted by Gasteiger charge is -2.09. The maximum Gasteiger partial charge on any atom is 0.270 e. The van der Waals surface area contributed by atoms with E-state index in [9.17, 15) is 4.79 Å². The average Bonchev–Trinajstić information content (AvgIpc) is 3.35. The second-order valence-electron chi connectivity index (χ2n) is 6.60. The fraction of sp³-hybridized carbons (Fsp3) is 0.0909. The number of hydrogen-bond acceptors (Lipinski definition) is 2. The van der Waals surface area contributed by atoms with Gasteiger partial charge in [0.25, 0.3) is 5.91 Å². The molecule has 1 amide bonds. The molecule has 4 aromatic rings. The zero-order chi connectivity index (χ0) is 20.4.